The highest BCUT2D eigenvalue weighted by molar-refractivity contribution is 5.76. The number of benzene rings is 2. The van der Waals surface area contributed by atoms with Crippen molar-refractivity contribution in [3.63, 3.8) is 0 Å². The first kappa shape index (κ1) is 46.7. The molecule has 0 radical (unpaired) electrons. The number of rotatable bonds is 2. The first-order valence-corrected chi connectivity index (χ1v) is 26.6. The molecule has 370 valence electrons. The molecule has 0 aromatic heterocycles. The molecular formula is C60H82O8. The molecule has 2 aromatic carbocycles. The van der Waals surface area contributed by atoms with Crippen molar-refractivity contribution in [2.75, 3.05) is 7.11 Å². The Morgan fingerprint density at radius 3 is 1.91 bits per heavy atom. The molecule has 2 N–H and O–H groups in total. The van der Waals surface area contributed by atoms with E-state index in [1.807, 2.05) is 13.0 Å². The lowest BCUT2D eigenvalue weighted by Gasteiger charge is -2.73. The average Bonchev–Trinajstić information content (AvgIpc) is 3.28. The molecule has 0 saturated heterocycles. The summed E-state index contributed by atoms with van der Waals surface area (Å²) in [5.74, 6) is 2.26. The molecule has 8 nitrogen and oxygen atoms in total. The summed E-state index contributed by atoms with van der Waals surface area (Å²) in [6.07, 6.45) is 18.3. The van der Waals surface area contributed by atoms with Crippen LogP contribution < -0.4 is 9.47 Å². The van der Waals surface area contributed by atoms with Gasteiger partial charge in [-0.15, -0.1) is 0 Å². The monoisotopic (exact) mass is 931 g/mol. The lowest BCUT2D eigenvalue weighted by molar-refractivity contribution is -0.238. The number of hydrogen-bond donors (Lipinski definition) is 2. The zero-order valence-corrected chi connectivity index (χ0v) is 44.0. The van der Waals surface area contributed by atoms with Crippen molar-refractivity contribution in [3.05, 3.63) is 51.6 Å². The summed E-state index contributed by atoms with van der Waals surface area (Å²) in [4.78, 5) is 26.0. The van der Waals surface area contributed by atoms with E-state index in [0.717, 1.165) is 105 Å². The van der Waals surface area contributed by atoms with Crippen LogP contribution in [-0.4, -0.2) is 41.0 Å². The summed E-state index contributed by atoms with van der Waals surface area (Å²) in [7, 11) is 1.54. The maximum Gasteiger partial charge on any atom is 0.311 e. The molecule has 16 atom stereocenters. The van der Waals surface area contributed by atoms with Gasteiger partial charge in [-0.2, -0.15) is 0 Å². The van der Waals surface area contributed by atoms with E-state index >= 15 is 0 Å². The third-order valence-corrected chi connectivity index (χ3v) is 24.4. The van der Waals surface area contributed by atoms with Gasteiger partial charge in [0.2, 0.25) is 0 Å². The topological polar surface area (TPSA) is 112 Å². The first-order chi connectivity index (χ1) is 31.6. The average molecular weight is 931 g/mol. The van der Waals surface area contributed by atoms with Gasteiger partial charge in [0.15, 0.2) is 29.1 Å². The van der Waals surface area contributed by atoms with Crippen LogP contribution in [0, 0.1) is 75.4 Å². The first-order valence-electron chi connectivity index (χ1n) is 26.6. The number of fused-ring (bicyclic) bond motifs is 18. The number of ether oxygens (including phenoxy) is 4. The van der Waals surface area contributed by atoms with Crippen LogP contribution in [0.25, 0.3) is 6.08 Å². The van der Waals surface area contributed by atoms with Crippen LogP contribution in [0.4, 0.5) is 0 Å². The van der Waals surface area contributed by atoms with E-state index in [-0.39, 0.29) is 78.8 Å². The zero-order chi connectivity index (χ0) is 48.9. The standard InChI is InChI=1S/C60H82O8/c1-33-36-15-16-41-55(8,23-27-58(11)43-32-54(7,68-35(3)61)22-19-52(43,5)20-25-57(41,58)10)37(36)30-40-46(33)67-48-47(66-40)44-34(2)45(63)39(62)29-38(44)56(9)24-28-59(12)42-31-53(6,50(64)65-14)18-17-51(42,4)21-26-60(59,13)49(48)56/h15-16,29-30,41-43,47-49,62-63H,17-28,31-32H2,1-14H3/t41-,42+,43+,47+,48+,49-,51+,52+,53+,54+,55-,56-,57+,58-,59-,60+/m0/s1. The van der Waals surface area contributed by atoms with Crippen molar-refractivity contribution < 1.29 is 38.7 Å². The number of carbonyl (C=O) groups excluding carboxylic acids is 2. The van der Waals surface area contributed by atoms with Crippen LogP contribution >= 0.6 is 0 Å². The second-order valence-electron chi connectivity index (χ2n) is 27.5. The van der Waals surface area contributed by atoms with E-state index in [2.05, 4.69) is 94.4 Å². The van der Waals surface area contributed by atoms with Crippen molar-refractivity contribution in [1.29, 1.82) is 0 Å². The molecule has 0 bridgehead atoms. The lowest BCUT2D eigenvalue weighted by Crippen LogP contribution is -2.69. The Bertz CT molecular complexity index is 2580. The van der Waals surface area contributed by atoms with Crippen LogP contribution in [0.2, 0.25) is 0 Å². The minimum absolute atomic E-state index is 0.0157. The van der Waals surface area contributed by atoms with Gasteiger partial charge < -0.3 is 29.2 Å². The van der Waals surface area contributed by atoms with E-state index in [1.165, 1.54) is 31.1 Å². The van der Waals surface area contributed by atoms with Crippen molar-refractivity contribution in [2.24, 2.45) is 61.6 Å². The van der Waals surface area contributed by atoms with Crippen LogP contribution in [0.3, 0.4) is 0 Å². The molecule has 0 unspecified atom stereocenters. The Labute approximate surface area is 407 Å². The Kier molecular flexibility index (Phi) is 9.64. The van der Waals surface area contributed by atoms with Crippen LogP contribution in [0.1, 0.15) is 206 Å². The molecule has 8 aliphatic carbocycles. The molecule has 9 aliphatic rings. The number of phenolic OH excluding ortho intramolecular Hbond substituents is 2. The largest absolute Gasteiger partial charge is 0.504 e. The Morgan fingerprint density at radius 2 is 1.25 bits per heavy atom. The highest BCUT2D eigenvalue weighted by Gasteiger charge is 2.73. The van der Waals surface area contributed by atoms with E-state index in [9.17, 15) is 19.8 Å². The van der Waals surface area contributed by atoms with Gasteiger partial charge in [-0.1, -0.05) is 67.5 Å². The SMILES string of the molecule is COC(=O)[C@]1(C)CC[C@]2(C)CC[C@]3(C)[C@H]4[C@@H]5Oc6c(cc7c(c6C)C=C[C@H]6[C@@]7(C)CC[C@@]7(C)[C@@H]8C[C@](C)(OC(C)=O)CC[C@]8(C)CC[C@]67C)O[C@@H]5c5c(cc(O)c(O)c5C)[C@]4(C)CC[C@@]3(C)[C@@H]2C1. The van der Waals surface area contributed by atoms with Gasteiger partial charge in [-0.3, -0.25) is 9.59 Å². The van der Waals surface area contributed by atoms with Gasteiger partial charge in [0.25, 0.3) is 0 Å². The predicted octanol–water partition coefficient (Wildman–Crippen LogP) is 13.7. The number of methoxy groups -OCH3 is 1. The maximum atomic E-state index is 13.5. The predicted molar refractivity (Wildman–Crippen MR) is 265 cm³/mol. The number of esters is 2. The number of aromatic hydroxyl groups is 2. The third kappa shape index (κ3) is 5.61. The second kappa shape index (κ2) is 14.0. The number of allylic oxidation sites excluding steroid dienone is 1. The molecule has 68 heavy (non-hydrogen) atoms. The van der Waals surface area contributed by atoms with Gasteiger partial charge in [0, 0.05) is 40.4 Å². The summed E-state index contributed by atoms with van der Waals surface area (Å²) >= 11 is 0. The third-order valence-electron chi connectivity index (χ3n) is 24.4. The number of carbonyl (C=O) groups is 2. The normalized spacial score (nSPS) is 48.0. The summed E-state index contributed by atoms with van der Waals surface area (Å²) in [5.41, 5.74) is 5.02. The van der Waals surface area contributed by atoms with E-state index in [4.69, 9.17) is 18.9 Å². The summed E-state index contributed by atoms with van der Waals surface area (Å²) < 4.78 is 27.0. The van der Waals surface area contributed by atoms with Crippen LogP contribution in [0.5, 0.6) is 23.0 Å². The van der Waals surface area contributed by atoms with E-state index in [1.54, 1.807) is 6.92 Å². The molecule has 0 spiro atoms. The molecule has 6 fully saturated rings. The summed E-state index contributed by atoms with van der Waals surface area (Å²) in [5, 5.41) is 23.0. The van der Waals surface area contributed by atoms with Crippen LogP contribution in [-0.2, 0) is 29.9 Å². The highest BCUT2D eigenvalue weighted by Crippen LogP contribution is 2.78. The Morgan fingerprint density at radius 1 is 0.662 bits per heavy atom. The minimum atomic E-state index is -0.527. The molecule has 0 amide bonds. The van der Waals surface area contributed by atoms with Crippen molar-refractivity contribution >= 4 is 18.0 Å². The van der Waals surface area contributed by atoms with Gasteiger partial charge >= 0.3 is 11.9 Å². The molecule has 6 saturated carbocycles. The fourth-order valence-electron chi connectivity index (χ4n) is 19.8. The lowest BCUT2D eigenvalue weighted by atomic mass is 9.32. The molecule has 1 aliphatic heterocycles. The van der Waals surface area contributed by atoms with E-state index in [0.29, 0.717) is 23.3 Å². The number of hydrogen-bond acceptors (Lipinski definition) is 8. The Hall–Kier alpha value is -3.68. The van der Waals surface area contributed by atoms with Crippen molar-refractivity contribution in [2.45, 2.75) is 209 Å². The van der Waals surface area contributed by atoms with Gasteiger partial charge in [-0.25, -0.2) is 0 Å². The quantitative estimate of drug-likeness (QED) is 0.226. The molecule has 8 heteroatoms. The summed E-state index contributed by atoms with van der Waals surface area (Å²) in [6.45, 7) is 30.3. The molecule has 11 rings (SSSR count). The fourth-order valence-corrected chi connectivity index (χ4v) is 19.8. The maximum absolute atomic E-state index is 13.5. The summed E-state index contributed by atoms with van der Waals surface area (Å²) in [6, 6.07) is 4.21. The molecule has 1 heterocycles. The van der Waals surface area contributed by atoms with Gasteiger partial charge in [0.05, 0.1) is 12.5 Å². The highest BCUT2D eigenvalue weighted by atomic mass is 16.6. The number of phenols is 2. The van der Waals surface area contributed by atoms with Crippen LogP contribution in [0.15, 0.2) is 18.2 Å². The van der Waals surface area contributed by atoms with Gasteiger partial charge in [0.1, 0.15) is 11.7 Å². The molecular weight excluding hydrogens is 849 g/mol. The minimum Gasteiger partial charge on any atom is -0.504 e. The smallest absolute Gasteiger partial charge is 0.311 e. The Balaban J connectivity index is 1.01. The zero-order valence-electron chi connectivity index (χ0n) is 44.0. The second-order valence-corrected chi connectivity index (χ2v) is 27.5. The van der Waals surface area contributed by atoms with Crippen molar-refractivity contribution in [1.82, 2.24) is 0 Å². The van der Waals surface area contributed by atoms with E-state index < -0.39 is 17.1 Å². The fraction of sp³-hybridized carbons (Fsp3) is 0.733. The van der Waals surface area contributed by atoms with Gasteiger partial charge in [-0.05, 0) is 197 Å². The van der Waals surface area contributed by atoms with Crippen molar-refractivity contribution in [3.8, 4) is 23.0 Å². The molecule has 2 aromatic rings.